The van der Waals surface area contributed by atoms with Crippen molar-refractivity contribution in [3.8, 4) is 22.6 Å². The van der Waals surface area contributed by atoms with E-state index in [1.807, 2.05) is 30.5 Å². The Balaban J connectivity index is 0.847. The van der Waals surface area contributed by atoms with Crippen molar-refractivity contribution in [2.24, 2.45) is 13.0 Å². The van der Waals surface area contributed by atoms with E-state index in [0.29, 0.717) is 36.6 Å². The summed E-state index contributed by atoms with van der Waals surface area (Å²) in [6.07, 6.45) is 8.11. The van der Waals surface area contributed by atoms with Gasteiger partial charge in [0.15, 0.2) is 5.65 Å². The van der Waals surface area contributed by atoms with Gasteiger partial charge >= 0.3 is 11.7 Å². The average Bonchev–Trinajstić information content (AvgIpc) is 3.59. The highest BCUT2D eigenvalue weighted by molar-refractivity contribution is 5.99. The van der Waals surface area contributed by atoms with Gasteiger partial charge in [-0.2, -0.15) is 4.68 Å². The fourth-order valence-electron chi connectivity index (χ4n) is 9.21. The lowest BCUT2D eigenvalue weighted by molar-refractivity contribution is -0.136. The monoisotopic (exact) mass is 810 g/mol. The van der Waals surface area contributed by atoms with Crippen LogP contribution in [0.25, 0.3) is 16.8 Å². The van der Waals surface area contributed by atoms with Gasteiger partial charge < -0.3 is 29.2 Å². The van der Waals surface area contributed by atoms with Crippen molar-refractivity contribution in [3.63, 3.8) is 0 Å². The second-order valence-electron chi connectivity index (χ2n) is 16.1. The molecule has 17 heteroatoms. The summed E-state index contributed by atoms with van der Waals surface area (Å²) >= 11 is 0. The number of fused-ring (bicyclic) bond motifs is 2. The van der Waals surface area contributed by atoms with E-state index in [2.05, 4.69) is 30.4 Å². The zero-order valence-electron chi connectivity index (χ0n) is 34.4. The summed E-state index contributed by atoms with van der Waals surface area (Å²) in [5, 5.41) is 9.38. The van der Waals surface area contributed by atoms with Gasteiger partial charge in [0, 0.05) is 83.3 Å². The molecule has 0 bridgehead atoms. The minimum absolute atomic E-state index is 0.0930. The Kier molecular flexibility index (Phi) is 11.5. The third-order valence-electron chi connectivity index (χ3n) is 12.7. The number of rotatable bonds is 10. The lowest BCUT2D eigenvalue weighted by Gasteiger charge is -2.37. The maximum atomic E-state index is 13.2. The van der Waals surface area contributed by atoms with Crippen molar-refractivity contribution in [1.82, 2.24) is 44.1 Å². The van der Waals surface area contributed by atoms with Gasteiger partial charge in [-0.3, -0.25) is 29.5 Å². The molecule has 4 aliphatic heterocycles. The van der Waals surface area contributed by atoms with Crippen LogP contribution in [0.1, 0.15) is 54.8 Å². The van der Waals surface area contributed by atoms with E-state index in [1.54, 1.807) is 44.0 Å². The molecule has 7 heterocycles. The zero-order valence-corrected chi connectivity index (χ0v) is 34.4. The Labute approximate surface area is 342 Å². The molecular weight excluding hydrogens is 757 g/mol. The first-order valence-electron chi connectivity index (χ1n) is 20.6. The number of carbonyl (C=O) groups is 3. The van der Waals surface area contributed by atoms with Crippen LogP contribution in [0.15, 0.2) is 46.2 Å². The van der Waals surface area contributed by atoms with Crippen LogP contribution in [0.4, 0.5) is 10.5 Å². The first kappa shape index (κ1) is 40.1. The Bertz CT molecular complexity index is 2350. The molecule has 1 aromatic carbocycles. The number of piperazine rings is 1. The fraction of sp³-hybridized carbons (Fsp3) is 0.524. The molecule has 2 N–H and O–H groups in total. The normalized spacial score (nSPS) is 19.5. The lowest BCUT2D eigenvalue weighted by atomic mass is 9.91. The second kappa shape index (κ2) is 16.9. The Morgan fingerprint density at radius 3 is 2.29 bits per heavy atom. The van der Waals surface area contributed by atoms with Crippen LogP contribution in [0, 0.1) is 5.92 Å². The molecule has 4 aromatic rings. The smallest absolute Gasteiger partial charge is 0.351 e. The summed E-state index contributed by atoms with van der Waals surface area (Å²) in [7, 11) is 6.72. The van der Waals surface area contributed by atoms with Gasteiger partial charge in [0.2, 0.25) is 5.91 Å². The number of hydrogen-bond acceptors (Lipinski definition) is 11. The first-order valence-corrected chi connectivity index (χ1v) is 20.6. The number of hydrogen-bond donors (Lipinski definition) is 2. The van der Waals surface area contributed by atoms with E-state index >= 15 is 0 Å². The molecule has 3 aromatic heterocycles. The standard InChI is InChI=1S/C42H54N10O7/c1-43-41(56)50-16-12-30-31(24-46(2)40(55)32(30)26-50)28-21-35(58-3)33(36(22-28)59-4)25-48-14-10-27(11-15-48)9-13-47-17-19-49(20-18-47)29-5-7-37-45-52(42(57)51(37)23-29)34-6-8-38(53)44-39(34)54/h5,7,21-24,27,34H,6,8-20,25-26H2,1-4H3,(H,43,56)(H,44,53,54). The summed E-state index contributed by atoms with van der Waals surface area (Å²) in [6, 6.07) is 6.90. The van der Waals surface area contributed by atoms with Gasteiger partial charge in [0.05, 0.1) is 32.0 Å². The van der Waals surface area contributed by atoms with Crippen LogP contribution in [-0.2, 0) is 36.1 Å². The number of pyridine rings is 2. The largest absolute Gasteiger partial charge is 0.496 e. The number of ether oxygens (including phenoxy) is 2. The van der Waals surface area contributed by atoms with Crippen LogP contribution < -0.4 is 36.3 Å². The molecule has 1 atom stereocenters. The molecule has 1 unspecified atom stereocenters. The van der Waals surface area contributed by atoms with E-state index in [-0.39, 0.29) is 42.6 Å². The van der Waals surface area contributed by atoms with Crippen molar-refractivity contribution in [2.75, 3.05) is 78.5 Å². The van der Waals surface area contributed by atoms with Crippen molar-refractivity contribution < 1.29 is 23.9 Å². The molecule has 17 nitrogen and oxygen atoms in total. The minimum atomic E-state index is -0.789. The average molecular weight is 811 g/mol. The Morgan fingerprint density at radius 1 is 0.881 bits per heavy atom. The number of benzene rings is 1. The molecule has 4 amide bonds. The number of piperidine rings is 2. The van der Waals surface area contributed by atoms with Crippen molar-refractivity contribution in [3.05, 3.63) is 74.2 Å². The first-order chi connectivity index (χ1) is 28.5. The number of carbonyl (C=O) groups excluding carboxylic acids is 3. The number of nitrogens with one attached hydrogen (secondary N) is 2. The number of urea groups is 1. The third kappa shape index (κ3) is 8.05. The molecular formula is C42H54N10O7. The SMILES string of the molecule is CNC(=O)N1CCc2c(-c3cc(OC)c(CN4CCC(CCN5CCN(c6ccc7nn(C8CCC(=O)NC8=O)c(=O)n7c6)CC5)CC4)c(OC)c3)cn(C)c(=O)c2C1. The highest BCUT2D eigenvalue weighted by Crippen LogP contribution is 2.39. The molecule has 0 spiro atoms. The van der Waals surface area contributed by atoms with E-state index < -0.39 is 11.9 Å². The Morgan fingerprint density at radius 2 is 1.61 bits per heavy atom. The number of likely N-dealkylation sites (tertiary alicyclic amines) is 1. The molecule has 59 heavy (non-hydrogen) atoms. The van der Waals surface area contributed by atoms with Gasteiger partial charge in [-0.1, -0.05) is 0 Å². The molecule has 314 valence electrons. The molecule has 3 saturated heterocycles. The van der Waals surface area contributed by atoms with Crippen LogP contribution in [0.2, 0.25) is 0 Å². The molecule has 4 aliphatic rings. The van der Waals surface area contributed by atoms with Gasteiger partial charge in [-0.15, -0.1) is 5.10 Å². The van der Waals surface area contributed by atoms with E-state index in [4.69, 9.17) is 9.47 Å². The maximum Gasteiger partial charge on any atom is 0.351 e. The molecule has 3 fully saturated rings. The molecule has 0 radical (unpaired) electrons. The van der Waals surface area contributed by atoms with Gasteiger partial charge in [0.1, 0.15) is 17.5 Å². The van der Waals surface area contributed by atoms with E-state index in [9.17, 15) is 24.0 Å². The zero-order chi connectivity index (χ0) is 41.4. The molecule has 0 aliphatic carbocycles. The summed E-state index contributed by atoms with van der Waals surface area (Å²) in [4.78, 5) is 71.8. The summed E-state index contributed by atoms with van der Waals surface area (Å²) in [5.74, 6) is 1.34. The number of methoxy groups -OCH3 is 2. The number of nitrogens with zero attached hydrogens (tertiary/aromatic N) is 8. The number of aryl methyl sites for hydroxylation is 1. The molecule has 0 saturated carbocycles. The van der Waals surface area contributed by atoms with Gasteiger partial charge in [-0.25, -0.2) is 14.0 Å². The second-order valence-corrected chi connectivity index (χ2v) is 16.1. The highest BCUT2D eigenvalue weighted by atomic mass is 16.5. The van der Waals surface area contributed by atoms with E-state index in [0.717, 1.165) is 105 Å². The number of amides is 4. The predicted molar refractivity (Wildman–Crippen MR) is 221 cm³/mol. The minimum Gasteiger partial charge on any atom is -0.496 e. The van der Waals surface area contributed by atoms with Crippen molar-refractivity contribution >= 4 is 29.2 Å². The van der Waals surface area contributed by atoms with Crippen LogP contribution >= 0.6 is 0 Å². The molecule has 8 rings (SSSR count). The maximum absolute atomic E-state index is 13.2. The predicted octanol–water partition coefficient (Wildman–Crippen LogP) is 1.98. The van der Waals surface area contributed by atoms with Crippen LogP contribution in [-0.4, -0.2) is 125 Å². The summed E-state index contributed by atoms with van der Waals surface area (Å²) in [5.41, 5.74) is 5.40. The van der Waals surface area contributed by atoms with Crippen molar-refractivity contribution in [2.45, 2.75) is 57.7 Å². The Hall–Kier alpha value is -5.68. The van der Waals surface area contributed by atoms with Crippen molar-refractivity contribution in [1.29, 1.82) is 0 Å². The van der Waals surface area contributed by atoms with E-state index in [1.165, 1.54) is 9.08 Å². The quantitative estimate of drug-likeness (QED) is 0.225. The summed E-state index contributed by atoms with van der Waals surface area (Å²) in [6.45, 7) is 8.12. The van der Waals surface area contributed by atoms with Gasteiger partial charge in [0.25, 0.3) is 11.5 Å². The number of anilines is 1. The van der Waals surface area contributed by atoms with Crippen LogP contribution in [0.3, 0.4) is 0 Å². The third-order valence-corrected chi connectivity index (χ3v) is 12.7. The fourth-order valence-corrected chi connectivity index (χ4v) is 9.21. The summed E-state index contributed by atoms with van der Waals surface area (Å²) < 4.78 is 16.2. The number of aromatic nitrogens is 4. The van der Waals surface area contributed by atoms with Crippen LogP contribution in [0.5, 0.6) is 11.5 Å². The topological polar surface area (TPSA) is 168 Å². The van der Waals surface area contributed by atoms with Gasteiger partial charge in [-0.05, 0) is 93.0 Å². The number of imide groups is 1. The highest BCUT2D eigenvalue weighted by Gasteiger charge is 2.32. The lowest BCUT2D eigenvalue weighted by Crippen LogP contribution is -2.47.